The van der Waals surface area contributed by atoms with Crippen LogP contribution in [0.15, 0.2) is 46.9 Å². The van der Waals surface area contributed by atoms with Gasteiger partial charge in [0.05, 0.1) is 5.56 Å². The minimum absolute atomic E-state index is 0.222. The van der Waals surface area contributed by atoms with E-state index in [1.807, 2.05) is 32.0 Å². The number of amides is 1. The van der Waals surface area contributed by atoms with Crippen LogP contribution in [0.25, 0.3) is 0 Å². The van der Waals surface area contributed by atoms with Crippen molar-refractivity contribution >= 4 is 33.5 Å². The SMILES string of the molecule is CC(C)c1ccccc1NC(=O)COC(=O)c1cc(Br)ccc1F. The van der Waals surface area contributed by atoms with E-state index in [-0.39, 0.29) is 11.5 Å². The molecule has 2 rings (SSSR count). The molecule has 0 saturated heterocycles. The summed E-state index contributed by atoms with van der Waals surface area (Å²) in [6.07, 6.45) is 0. The standard InChI is InChI=1S/C18H17BrFNO3/c1-11(2)13-5-3-4-6-16(13)21-17(22)10-24-18(23)14-9-12(19)7-8-15(14)20/h3-9,11H,10H2,1-2H3,(H,21,22). The average molecular weight is 394 g/mol. The van der Waals surface area contributed by atoms with Crippen molar-refractivity contribution in [3.05, 3.63) is 63.9 Å². The maximum absolute atomic E-state index is 13.6. The number of rotatable bonds is 5. The fourth-order valence-corrected chi connectivity index (χ4v) is 2.52. The minimum atomic E-state index is -0.888. The number of anilines is 1. The van der Waals surface area contributed by atoms with Crippen molar-refractivity contribution in [2.75, 3.05) is 11.9 Å². The Morgan fingerprint density at radius 2 is 1.92 bits per heavy atom. The summed E-state index contributed by atoms with van der Waals surface area (Å²) in [5.74, 6) is -1.83. The van der Waals surface area contributed by atoms with Crippen LogP contribution in [0.2, 0.25) is 0 Å². The Bertz CT molecular complexity index is 762. The van der Waals surface area contributed by atoms with E-state index < -0.39 is 24.3 Å². The molecule has 0 unspecified atom stereocenters. The molecule has 0 aliphatic carbocycles. The first-order chi connectivity index (χ1) is 11.4. The predicted octanol–water partition coefficient (Wildman–Crippen LogP) is 4.51. The topological polar surface area (TPSA) is 55.4 Å². The van der Waals surface area contributed by atoms with E-state index in [1.165, 1.54) is 12.1 Å². The van der Waals surface area contributed by atoms with Gasteiger partial charge in [-0.15, -0.1) is 0 Å². The second-order valence-electron chi connectivity index (χ2n) is 5.49. The number of hydrogen-bond donors (Lipinski definition) is 1. The predicted molar refractivity (Wildman–Crippen MR) is 93.5 cm³/mol. The number of nitrogens with one attached hydrogen (secondary N) is 1. The highest BCUT2D eigenvalue weighted by atomic mass is 79.9. The summed E-state index contributed by atoms with van der Waals surface area (Å²) in [6.45, 7) is 3.54. The molecule has 0 aliphatic rings. The summed E-state index contributed by atoms with van der Waals surface area (Å²) < 4.78 is 19.0. The van der Waals surface area contributed by atoms with E-state index in [0.29, 0.717) is 10.2 Å². The van der Waals surface area contributed by atoms with Crippen LogP contribution in [0.3, 0.4) is 0 Å². The van der Waals surface area contributed by atoms with Crippen molar-refractivity contribution in [1.29, 1.82) is 0 Å². The summed E-state index contributed by atoms with van der Waals surface area (Å²) in [4.78, 5) is 23.9. The zero-order chi connectivity index (χ0) is 17.7. The molecule has 0 fully saturated rings. The molecule has 2 aromatic carbocycles. The third-order valence-electron chi connectivity index (χ3n) is 3.34. The molecule has 126 valence electrons. The first kappa shape index (κ1) is 18.1. The molecule has 0 bridgehead atoms. The quantitative estimate of drug-likeness (QED) is 0.760. The molecule has 2 aromatic rings. The number of halogens is 2. The molecular formula is C18H17BrFNO3. The van der Waals surface area contributed by atoms with E-state index in [1.54, 1.807) is 6.07 Å². The van der Waals surface area contributed by atoms with Crippen molar-refractivity contribution in [2.24, 2.45) is 0 Å². The zero-order valence-corrected chi connectivity index (χ0v) is 14.9. The van der Waals surface area contributed by atoms with Crippen LogP contribution in [-0.4, -0.2) is 18.5 Å². The van der Waals surface area contributed by atoms with Gasteiger partial charge in [0, 0.05) is 10.2 Å². The van der Waals surface area contributed by atoms with Crippen molar-refractivity contribution < 1.29 is 18.7 Å². The van der Waals surface area contributed by atoms with Crippen molar-refractivity contribution in [3.63, 3.8) is 0 Å². The van der Waals surface area contributed by atoms with Crippen LogP contribution in [0.1, 0.15) is 35.7 Å². The van der Waals surface area contributed by atoms with Crippen LogP contribution in [0.5, 0.6) is 0 Å². The third kappa shape index (κ3) is 4.64. The maximum atomic E-state index is 13.6. The minimum Gasteiger partial charge on any atom is -0.452 e. The summed E-state index contributed by atoms with van der Waals surface area (Å²) in [7, 11) is 0. The molecule has 6 heteroatoms. The molecule has 0 atom stereocenters. The molecule has 4 nitrogen and oxygen atoms in total. The van der Waals surface area contributed by atoms with Gasteiger partial charge in [0.15, 0.2) is 6.61 Å². The van der Waals surface area contributed by atoms with Gasteiger partial charge in [-0.25, -0.2) is 9.18 Å². The molecular weight excluding hydrogens is 377 g/mol. The summed E-state index contributed by atoms with van der Waals surface area (Å²) >= 11 is 3.16. The Morgan fingerprint density at radius 3 is 2.62 bits per heavy atom. The van der Waals surface area contributed by atoms with Gasteiger partial charge in [-0.3, -0.25) is 4.79 Å². The number of para-hydroxylation sites is 1. The van der Waals surface area contributed by atoms with Gasteiger partial charge in [0.2, 0.25) is 0 Å². The molecule has 0 heterocycles. The largest absolute Gasteiger partial charge is 0.452 e. The third-order valence-corrected chi connectivity index (χ3v) is 3.83. The van der Waals surface area contributed by atoms with E-state index in [9.17, 15) is 14.0 Å². The van der Waals surface area contributed by atoms with Gasteiger partial charge in [-0.1, -0.05) is 48.0 Å². The number of carbonyl (C=O) groups excluding carboxylic acids is 2. The van der Waals surface area contributed by atoms with Gasteiger partial charge in [0.1, 0.15) is 5.82 Å². The lowest BCUT2D eigenvalue weighted by Gasteiger charge is -2.13. The van der Waals surface area contributed by atoms with Gasteiger partial charge in [-0.2, -0.15) is 0 Å². The van der Waals surface area contributed by atoms with Crippen LogP contribution >= 0.6 is 15.9 Å². The highest BCUT2D eigenvalue weighted by Crippen LogP contribution is 2.23. The van der Waals surface area contributed by atoms with E-state index in [2.05, 4.69) is 21.2 Å². The Morgan fingerprint density at radius 1 is 1.21 bits per heavy atom. The monoisotopic (exact) mass is 393 g/mol. The highest BCUT2D eigenvalue weighted by Gasteiger charge is 2.16. The van der Waals surface area contributed by atoms with Gasteiger partial charge in [0.25, 0.3) is 5.91 Å². The van der Waals surface area contributed by atoms with Crippen molar-refractivity contribution in [1.82, 2.24) is 0 Å². The van der Waals surface area contributed by atoms with Gasteiger partial charge >= 0.3 is 5.97 Å². The molecule has 0 aliphatic heterocycles. The maximum Gasteiger partial charge on any atom is 0.341 e. The molecule has 0 radical (unpaired) electrons. The number of carbonyl (C=O) groups is 2. The first-order valence-corrected chi connectivity index (χ1v) is 8.18. The Labute approximate surface area is 148 Å². The van der Waals surface area contributed by atoms with Crippen LogP contribution in [0, 0.1) is 5.82 Å². The van der Waals surface area contributed by atoms with E-state index in [0.717, 1.165) is 11.6 Å². The first-order valence-electron chi connectivity index (χ1n) is 7.39. The van der Waals surface area contributed by atoms with Gasteiger partial charge < -0.3 is 10.1 Å². The lowest BCUT2D eigenvalue weighted by atomic mass is 10.0. The fraction of sp³-hybridized carbons (Fsp3) is 0.222. The average Bonchev–Trinajstić information content (AvgIpc) is 2.55. The summed E-state index contributed by atoms with van der Waals surface area (Å²) in [5.41, 5.74) is 1.43. The van der Waals surface area contributed by atoms with Crippen LogP contribution in [0.4, 0.5) is 10.1 Å². The second kappa shape index (κ2) is 8.06. The molecule has 0 saturated carbocycles. The number of esters is 1. The second-order valence-corrected chi connectivity index (χ2v) is 6.41. The molecule has 1 N–H and O–H groups in total. The highest BCUT2D eigenvalue weighted by molar-refractivity contribution is 9.10. The molecule has 24 heavy (non-hydrogen) atoms. The number of ether oxygens (including phenoxy) is 1. The van der Waals surface area contributed by atoms with Crippen LogP contribution in [-0.2, 0) is 9.53 Å². The fourth-order valence-electron chi connectivity index (χ4n) is 2.16. The van der Waals surface area contributed by atoms with Gasteiger partial charge in [-0.05, 0) is 35.7 Å². The molecule has 0 spiro atoms. The smallest absolute Gasteiger partial charge is 0.341 e. The normalized spacial score (nSPS) is 10.5. The lowest BCUT2D eigenvalue weighted by molar-refractivity contribution is -0.119. The van der Waals surface area contributed by atoms with E-state index >= 15 is 0 Å². The van der Waals surface area contributed by atoms with Crippen molar-refractivity contribution in [2.45, 2.75) is 19.8 Å². The lowest BCUT2D eigenvalue weighted by Crippen LogP contribution is -2.22. The Hall–Kier alpha value is -2.21. The molecule has 1 amide bonds. The van der Waals surface area contributed by atoms with E-state index in [4.69, 9.17) is 4.74 Å². The summed E-state index contributed by atoms with van der Waals surface area (Å²) in [6, 6.07) is 11.3. The number of hydrogen-bond acceptors (Lipinski definition) is 3. The molecule has 0 aromatic heterocycles. The number of benzene rings is 2. The summed E-state index contributed by atoms with van der Waals surface area (Å²) in [5, 5.41) is 2.71. The Kier molecular flexibility index (Phi) is 6.09. The Balaban J connectivity index is 1.99. The zero-order valence-electron chi connectivity index (χ0n) is 13.3. The van der Waals surface area contributed by atoms with Crippen molar-refractivity contribution in [3.8, 4) is 0 Å². The van der Waals surface area contributed by atoms with Crippen LogP contribution < -0.4 is 5.32 Å².